The summed E-state index contributed by atoms with van der Waals surface area (Å²) in [5, 5.41) is 18.1. The number of aliphatic carboxylic acids is 2. The maximum Gasteiger partial charge on any atom is 0.332 e. The molecule has 0 rings (SSSR count). The lowest BCUT2D eigenvalue weighted by Gasteiger charge is -2.28. The third-order valence-corrected chi connectivity index (χ3v) is 2.53. The molecule has 0 aromatic heterocycles. The molecule has 0 aromatic rings. The summed E-state index contributed by atoms with van der Waals surface area (Å²) in [6.45, 7) is 4.51. The second-order valence-electron chi connectivity index (χ2n) is 3.79. The predicted octanol–water partition coefficient (Wildman–Crippen LogP) is 0.714. The summed E-state index contributed by atoms with van der Waals surface area (Å²) >= 11 is 0. The van der Waals surface area contributed by atoms with Gasteiger partial charge in [0.05, 0.1) is 0 Å². The van der Waals surface area contributed by atoms with Crippen LogP contribution in [-0.2, 0) is 19.1 Å². The SMILES string of the molecule is C=C(C(=O)O)C(CCOC)(CC(C)=O)C(=O)O. The van der Waals surface area contributed by atoms with E-state index in [9.17, 15) is 19.5 Å². The summed E-state index contributed by atoms with van der Waals surface area (Å²) in [6, 6.07) is 0. The van der Waals surface area contributed by atoms with Crippen LogP contribution < -0.4 is 0 Å². The normalized spacial score (nSPS) is 13.8. The lowest BCUT2D eigenvalue weighted by atomic mass is 9.74. The zero-order valence-corrected chi connectivity index (χ0v) is 9.86. The molecule has 1 unspecified atom stereocenters. The Morgan fingerprint density at radius 1 is 1.29 bits per heavy atom. The summed E-state index contributed by atoms with van der Waals surface area (Å²) < 4.78 is 4.75. The van der Waals surface area contributed by atoms with Gasteiger partial charge < -0.3 is 14.9 Å². The number of carbonyl (C=O) groups excluding carboxylic acids is 1. The maximum absolute atomic E-state index is 11.3. The van der Waals surface area contributed by atoms with E-state index in [0.717, 1.165) is 0 Å². The first-order chi connectivity index (χ1) is 7.77. The van der Waals surface area contributed by atoms with Crippen LogP contribution in [0.25, 0.3) is 0 Å². The van der Waals surface area contributed by atoms with Gasteiger partial charge in [0, 0.05) is 25.7 Å². The van der Waals surface area contributed by atoms with Gasteiger partial charge in [-0.2, -0.15) is 0 Å². The second-order valence-corrected chi connectivity index (χ2v) is 3.79. The lowest BCUT2D eigenvalue weighted by molar-refractivity contribution is -0.152. The Morgan fingerprint density at radius 2 is 1.82 bits per heavy atom. The topological polar surface area (TPSA) is 101 Å². The molecule has 0 aliphatic carbocycles. The van der Waals surface area contributed by atoms with Gasteiger partial charge in [-0.25, -0.2) is 4.79 Å². The van der Waals surface area contributed by atoms with Crippen LogP contribution in [0.5, 0.6) is 0 Å². The molecule has 0 heterocycles. The Balaban J connectivity index is 5.38. The molecular formula is C11H16O6. The van der Waals surface area contributed by atoms with E-state index in [4.69, 9.17) is 9.84 Å². The zero-order valence-electron chi connectivity index (χ0n) is 9.86. The predicted molar refractivity (Wildman–Crippen MR) is 58.6 cm³/mol. The Hall–Kier alpha value is -1.69. The number of methoxy groups -OCH3 is 1. The average molecular weight is 244 g/mol. The molecule has 0 aliphatic rings. The van der Waals surface area contributed by atoms with Crippen molar-refractivity contribution >= 4 is 17.7 Å². The van der Waals surface area contributed by atoms with E-state index in [0.29, 0.717) is 0 Å². The minimum atomic E-state index is -1.80. The molecule has 0 fully saturated rings. The van der Waals surface area contributed by atoms with Crippen molar-refractivity contribution in [3.05, 3.63) is 12.2 Å². The highest BCUT2D eigenvalue weighted by molar-refractivity contribution is 5.98. The Morgan fingerprint density at radius 3 is 2.12 bits per heavy atom. The van der Waals surface area contributed by atoms with E-state index in [1.165, 1.54) is 14.0 Å². The molecule has 0 saturated heterocycles. The van der Waals surface area contributed by atoms with E-state index in [1.54, 1.807) is 0 Å². The van der Waals surface area contributed by atoms with Gasteiger partial charge in [-0.1, -0.05) is 6.58 Å². The minimum absolute atomic E-state index is 0.0336. The van der Waals surface area contributed by atoms with E-state index in [1.807, 2.05) is 0 Å². The smallest absolute Gasteiger partial charge is 0.332 e. The molecule has 0 radical (unpaired) electrons. The number of Topliss-reactive ketones (excluding diaryl/α,β-unsaturated/α-hetero) is 1. The third kappa shape index (κ3) is 3.67. The maximum atomic E-state index is 11.3. The molecule has 0 spiro atoms. The largest absolute Gasteiger partial charge is 0.481 e. The van der Waals surface area contributed by atoms with Crippen molar-refractivity contribution in [3.63, 3.8) is 0 Å². The highest BCUT2D eigenvalue weighted by atomic mass is 16.5. The molecule has 0 amide bonds. The second kappa shape index (κ2) is 6.15. The molecule has 17 heavy (non-hydrogen) atoms. The molecule has 2 N–H and O–H groups in total. The van der Waals surface area contributed by atoms with Gasteiger partial charge in [0.15, 0.2) is 0 Å². The van der Waals surface area contributed by atoms with Crippen molar-refractivity contribution in [3.8, 4) is 0 Å². The van der Waals surface area contributed by atoms with Gasteiger partial charge in [0.2, 0.25) is 0 Å². The number of hydrogen-bond donors (Lipinski definition) is 2. The molecule has 0 aromatic carbocycles. The van der Waals surface area contributed by atoms with Gasteiger partial charge in [0.1, 0.15) is 11.2 Å². The van der Waals surface area contributed by atoms with Crippen molar-refractivity contribution in [2.45, 2.75) is 19.8 Å². The Kier molecular flexibility index (Phi) is 5.53. The van der Waals surface area contributed by atoms with E-state index >= 15 is 0 Å². The molecule has 0 bridgehead atoms. The van der Waals surface area contributed by atoms with E-state index < -0.39 is 35.1 Å². The van der Waals surface area contributed by atoms with Crippen molar-refractivity contribution in [1.82, 2.24) is 0 Å². The van der Waals surface area contributed by atoms with Crippen LogP contribution in [0.15, 0.2) is 12.2 Å². The first kappa shape index (κ1) is 15.3. The molecule has 0 saturated carbocycles. The van der Waals surface area contributed by atoms with Gasteiger partial charge >= 0.3 is 11.9 Å². The van der Waals surface area contributed by atoms with Gasteiger partial charge in [-0.3, -0.25) is 9.59 Å². The highest BCUT2D eigenvalue weighted by Crippen LogP contribution is 2.35. The average Bonchev–Trinajstić information content (AvgIpc) is 2.22. The first-order valence-electron chi connectivity index (χ1n) is 4.92. The first-order valence-corrected chi connectivity index (χ1v) is 4.92. The quantitative estimate of drug-likeness (QED) is 0.610. The van der Waals surface area contributed by atoms with Crippen LogP contribution in [0.4, 0.5) is 0 Å². The fourth-order valence-corrected chi connectivity index (χ4v) is 1.56. The summed E-state index contributed by atoms with van der Waals surface area (Å²) in [5.74, 6) is -3.21. The van der Waals surface area contributed by atoms with E-state index in [2.05, 4.69) is 6.58 Å². The Bertz CT molecular complexity index is 346. The highest BCUT2D eigenvalue weighted by Gasteiger charge is 2.45. The summed E-state index contributed by atoms with van der Waals surface area (Å²) in [6.07, 6.45) is -0.514. The minimum Gasteiger partial charge on any atom is -0.481 e. The standard InChI is InChI=1S/C11H16O6/c1-7(12)6-11(10(15)16,4-5-17-3)8(2)9(13)14/h2,4-6H2,1,3H3,(H,13,14)(H,15,16). The number of carboxylic acids is 2. The van der Waals surface area contributed by atoms with Crippen LogP contribution in [-0.4, -0.2) is 41.7 Å². The van der Waals surface area contributed by atoms with Crippen LogP contribution in [0.1, 0.15) is 19.8 Å². The number of carboxylic acid groups (broad SMARTS) is 2. The molecule has 6 heteroatoms. The fourth-order valence-electron chi connectivity index (χ4n) is 1.56. The fraction of sp³-hybridized carbons (Fsp3) is 0.545. The van der Waals surface area contributed by atoms with Crippen molar-refractivity contribution in [1.29, 1.82) is 0 Å². The van der Waals surface area contributed by atoms with Crippen LogP contribution in [0.2, 0.25) is 0 Å². The van der Waals surface area contributed by atoms with Crippen LogP contribution in [0, 0.1) is 5.41 Å². The van der Waals surface area contributed by atoms with Crippen LogP contribution in [0.3, 0.4) is 0 Å². The zero-order chi connectivity index (χ0) is 13.6. The van der Waals surface area contributed by atoms with Crippen molar-refractivity contribution in [2.24, 2.45) is 5.41 Å². The number of carbonyl (C=O) groups is 3. The number of rotatable bonds is 8. The third-order valence-electron chi connectivity index (χ3n) is 2.53. The summed E-state index contributed by atoms with van der Waals surface area (Å²) in [4.78, 5) is 33.3. The molecular weight excluding hydrogens is 228 g/mol. The number of ether oxygens (including phenoxy) is 1. The number of ketones is 1. The van der Waals surface area contributed by atoms with Crippen molar-refractivity contribution < 1.29 is 29.3 Å². The van der Waals surface area contributed by atoms with Crippen molar-refractivity contribution in [2.75, 3.05) is 13.7 Å². The monoisotopic (exact) mass is 244 g/mol. The summed E-state index contributed by atoms with van der Waals surface area (Å²) in [5.41, 5.74) is -2.30. The van der Waals surface area contributed by atoms with Gasteiger partial charge in [0.25, 0.3) is 0 Å². The molecule has 1 atom stereocenters. The Labute approximate surface area is 98.9 Å². The lowest BCUT2D eigenvalue weighted by Crippen LogP contribution is -2.38. The summed E-state index contributed by atoms with van der Waals surface area (Å²) in [7, 11) is 1.36. The molecule has 0 aliphatic heterocycles. The molecule has 96 valence electrons. The van der Waals surface area contributed by atoms with Gasteiger partial charge in [-0.15, -0.1) is 0 Å². The van der Waals surface area contributed by atoms with Crippen LogP contribution >= 0.6 is 0 Å². The molecule has 6 nitrogen and oxygen atoms in total. The van der Waals surface area contributed by atoms with Gasteiger partial charge in [-0.05, 0) is 13.3 Å². The number of hydrogen-bond acceptors (Lipinski definition) is 4. The van der Waals surface area contributed by atoms with E-state index in [-0.39, 0.29) is 13.0 Å².